The third-order valence-electron chi connectivity index (χ3n) is 6.46. The molecule has 0 amide bonds. The molecule has 0 N–H and O–H groups in total. The molecule has 1 heteroatoms. The van der Waals surface area contributed by atoms with Gasteiger partial charge in [-0.25, -0.2) is 0 Å². The summed E-state index contributed by atoms with van der Waals surface area (Å²) in [6.45, 7) is 5.66. The fourth-order valence-electron chi connectivity index (χ4n) is 4.30. The number of unbranched alkanes of at least 4 members (excludes halogenated alkanes) is 23. The third-order valence-corrected chi connectivity index (χ3v) is 6.46. The number of aliphatic imine (C=N–C) groups is 1. The van der Waals surface area contributed by atoms with Crippen LogP contribution >= 0.6 is 0 Å². The zero-order valence-corrected chi connectivity index (χ0v) is 21.4. The van der Waals surface area contributed by atoms with Crippen LogP contribution in [-0.2, 0) is 0 Å². The monoisotopic (exact) mass is 421 g/mol. The third kappa shape index (κ3) is 27.7. The summed E-state index contributed by atoms with van der Waals surface area (Å²) in [5, 5.41) is 0. The minimum absolute atomic E-state index is 1.07. The van der Waals surface area contributed by atoms with Crippen LogP contribution in [0.3, 0.4) is 0 Å². The predicted molar refractivity (Wildman–Crippen MR) is 140 cm³/mol. The Hall–Kier alpha value is -0.330. The lowest BCUT2D eigenvalue weighted by Crippen LogP contribution is -1.86. The quantitative estimate of drug-likeness (QED) is 0.0972. The van der Waals surface area contributed by atoms with Gasteiger partial charge in [-0.3, -0.25) is 4.99 Å². The first-order chi connectivity index (χ1) is 14.9. The zero-order chi connectivity index (χ0) is 21.8. The van der Waals surface area contributed by atoms with Gasteiger partial charge in [0.05, 0.1) is 0 Å². The Morgan fingerprint density at radius 2 is 0.667 bits per heavy atom. The van der Waals surface area contributed by atoms with E-state index in [2.05, 4.69) is 25.1 Å². The second kappa shape index (κ2) is 28.7. The van der Waals surface area contributed by atoms with Crippen molar-refractivity contribution in [3.63, 3.8) is 0 Å². The van der Waals surface area contributed by atoms with Gasteiger partial charge < -0.3 is 0 Å². The van der Waals surface area contributed by atoms with Crippen molar-refractivity contribution in [2.24, 2.45) is 4.99 Å². The Balaban J connectivity index is 3.06. The van der Waals surface area contributed by atoms with E-state index in [1.54, 1.807) is 0 Å². The molecule has 0 bridgehead atoms. The summed E-state index contributed by atoms with van der Waals surface area (Å²) in [4.78, 5) is 4.62. The van der Waals surface area contributed by atoms with Crippen molar-refractivity contribution in [1.29, 1.82) is 0 Å². The molecular formula is C29H59N. The van der Waals surface area contributed by atoms with Gasteiger partial charge >= 0.3 is 0 Å². The van der Waals surface area contributed by atoms with E-state index in [-0.39, 0.29) is 0 Å². The maximum absolute atomic E-state index is 4.62. The molecule has 0 aliphatic heterocycles. The Morgan fingerprint density at radius 3 is 1.03 bits per heavy atom. The Bertz CT molecular complexity index is 309. The van der Waals surface area contributed by atoms with E-state index in [9.17, 15) is 0 Å². The lowest BCUT2D eigenvalue weighted by atomic mass is 10.0. The summed E-state index contributed by atoms with van der Waals surface area (Å²) in [5.41, 5.74) is 0. The molecule has 0 aromatic carbocycles. The smallest absolute Gasteiger partial charge is 0.0385 e. The van der Waals surface area contributed by atoms with E-state index >= 15 is 0 Å². The molecule has 0 spiro atoms. The van der Waals surface area contributed by atoms with Gasteiger partial charge in [-0.2, -0.15) is 0 Å². The average molecular weight is 422 g/mol. The van der Waals surface area contributed by atoms with Crippen LogP contribution in [0.5, 0.6) is 0 Å². The number of rotatable bonds is 26. The number of hydrogen-bond donors (Lipinski definition) is 0. The molecular weight excluding hydrogens is 362 g/mol. The van der Waals surface area contributed by atoms with Crippen molar-refractivity contribution in [1.82, 2.24) is 0 Å². The second-order valence-corrected chi connectivity index (χ2v) is 9.66. The first-order valence-corrected chi connectivity index (χ1v) is 14.4. The van der Waals surface area contributed by atoms with Gasteiger partial charge in [-0.1, -0.05) is 155 Å². The van der Waals surface area contributed by atoms with Crippen molar-refractivity contribution in [3.05, 3.63) is 0 Å². The molecule has 1 nitrogen and oxygen atoms in total. The number of nitrogens with zero attached hydrogens (tertiary/aromatic N) is 1. The molecule has 0 fully saturated rings. The van der Waals surface area contributed by atoms with Gasteiger partial charge in [0.15, 0.2) is 0 Å². The molecule has 0 aliphatic carbocycles. The molecule has 0 rings (SSSR count). The summed E-state index contributed by atoms with van der Waals surface area (Å²) in [5.74, 6) is 0. The molecule has 0 aliphatic rings. The number of hydrogen-bond acceptors (Lipinski definition) is 1. The lowest BCUT2D eigenvalue weighted by Gasteiger charge is -2.02. The van der Waals surface area contributed by atoms with Gasteiger partial charge in [0.25, 0.3) is 0 Å². The maximum Gasteiger partial charge on any atom is 0.0385 e. The minimum Gasteiger partial charge on any atom is -0.298 e. The maximum atomic E-state index is 4.62. The predicted octanol–water partition coefficient (Wildman–Crippen LogP) is 10.8. The summed E-state index contributed by atoms with van der Waals surface area (Å²) in [6.07, 6.45) is 37.7. The second-order valence-electron chi connectivity index (χ2n) is 9.66. The summed E-state index contributed by atoms with van der Waals surface area (Å²) < 4.78 is 0. The molecule has 0 saturated carbocycles. The minimum atomic E-state index is 1.07. The van der Waals surface area contributed by atoms with Gasteiger partial charge in [0.1, 0.15) is 0 Å². The Kier molecular flexibility index (Phi) is 28.4. The highest BCUT2D eigenvalue weighted by Gasteiger charge is 1.94. The van der Waals surface area contributed by atoms with E-state index in [0.29, 0.717) is 0 Å². The summed E-state index contributed by atoms with van der Waals surface area (Å²) in [7, 11) is 0. The molecule has 0 heterocycles. The highest BCUT2D eigenvalue weighted by molar-refractivity contribution is 5.56. The van der Waals surface area contributed by atoms with Gasteiger partial charge in [-0.05, 0) is 25.5 Å². The van der Waals surface area contributed by atoms with Crippen molar-refractivity contribution in [3.8, 4) is 0 Å². The van der Waals surface area contributed by atoms with E-state index in [1.807, 2.05) is 0 Å². The standard InChI is InChI=1S/C29H59N/c1-3-5-7-9-11-13-15-17-19-21-23-25-27-29-30-28-26-24-22-20-18-16-14-12-10-8-6-4-2/h28H,3-27,29H2,1-2H3. The normalized spacial score (nSPS) is 11.7. The van der Waals surface area contributed by atoms with Gasteiger partial charge in [0, 0.05) is 6.54 Å². The highest BCUT2D eigenvalue weighted by atomic mass is 14.7. The molecule has 0 unspecified atom stereocenters. The van der Waals surface area contributed by atoms with Crippen LogP contribution in [0.15, 0.2) is 4.99 Å². The Morgan fingerprint density at radius 1 is 0.367 bits per heavy atom. The molecule has 0 aromatic heterocycles. The fourth-order valence-corrected chi connectivity index (χ4v) is 4.30. The molecule has 0 atom stereocenters. The average Bonchev–Trinajstić information content (AvgIpc) is 2.76. The SMILES string of the molecule is CCCCCCCCCCCCCC=NCCCCCCCCCCCCCCC. The molecule has 0 aromatic rings. The van der Waals surface area contributed by atoms with Gasteiger partial charge in [0.2, 0.25) is 0 Å². The van der Waals surface area contributed by atoms with Crippen LogP contribution in [-0.4, -0.2) is 12.8 Å². The van der Waals surface area contributed by atoms with Crippen molar-refractivity contribution >= 4 is 6.21 Å². The molecule has 180 valence electrons. The highest BCUT2D eigenvalue weighted by Crippen LogP contribution is 2.13. The first kappa shape index (κ1) is 29.7. The summed E-state index contributed by atoms with van der Waals surface area (Å²) >= 11 is 0. The van der Waals surface area contributed by atoms with E-state index in [4.69, 9.17) is 0 Å². The fraction of sp³-hybridized carbons (Fsp3) is 0.966. The molecule has 0 radical (unpaired) electrons. The van der Waals surface area contributed by atoms with E-state index in [0.717, 1.165) is 6.54 Å². The summed E-state index contributed by atoms with van der Waals surface area (Å²) in [6, 6.07) is 0. The largest absolute Gasteiger partial charge is 0.298 e. The van der Waals surface area contributed by atoms with E-state index in [1.165, 1.54) is 161 Å². The van der Waals surface area contributed by atoms with Crippen LogP contribution in [0.4, 0.5) is 0 Å². The Labute approximate surface area is 192 Å². The van der Waals surface area contributed by atoms with Crippen LogP contribution in [0.2, 0.25) is 0 Å². The van der Waals surface area contributed by atoms with Crippen LogP contribution in [0.1, 0.15) is 174 Å². The topological polar surface area (TPSA) is 12.4 Å². The van der Waals surface area contributed by atoms with E-state index < -0.39 is 0 Å². The van der Waals surface area contributed by atoms with Crippen molar-refractivity contribution in [2.75, 3.05) is 6.54 Å². The first-order valence-electron chi connectivity index (χ1n) is 14.4. The lowest BCUT2D eigenvalue weighted by molar-refractivity contribution is 0.540. The van der Waals surface area contributed by atoms with Crippen LogP contribution in [0.25, 0.3) is 0 Å². The molecule has 30 heavy (non-hydrogen) atoms. The van der Waals surface area contributed by atoms with Crippen LogP contribution < -0.4 is 0 Å². The van der Waals surface area contributed by atoms with Crippen molar-refractivity contribution < 1.29 is 0 Å². The van der Waals surface area contributed by atoms with Crippen LogP contribution in [0, 0.1) is 0 Å². The molecule has 0 saturated heterocycles. The zero-order valence-electron chi connectivity index (χ0n) is 21.4. The van der Waals surface area contributed by atoms with Crippen molar-refractivity contribution in [2.45, 2.75) is 174 Å². The van der Waals surface area contributed by atoms with Gasteiger partial charge in [-0.15, -0.1) is 0 Å².